The predicted molar refractivity (Wildman–Crippen MR) is 121 cm³/mol. The monoisotopic (exact) mass is 458 g/mol. The van der Waals surface area contributed by atoms with Crippen LogP contribution in [0.3, 0.4) is 0 Å². The van der Waals surface area contributed by atoms with Crippen LogP contribution in [0.5, 0.6) is 0 Å². The van der Waals surface area contributed by atoms with Crippen molar-refractivity contribution in [3.8, 4) is 11.4 Å². The van der Waals surface area contributed by atoms with Crippen molar-refractivity contribution in [2.75, 3.05) is 11.1 Å². The molecule has 10 heteroatoms. The van der Waals surface area contributed by atoms with Crippen LogP contribution in [0.4, 0.5) is 9.52 Å². The molecule has 31 heavy (non-hydrogen) atoms. The normalized spacial score (nSPS) is 14.5. The van der Waals surface area contributed by atoms with E-state index < -0.39 is 0 Å². The van der Waals surface area contributed by atoms with E-state index in [1.54, 1.807) is 18.2 Å². The van der Waals surface area contributed by atoms with E-state index in [2.05, 4.69) is 32.3 Å². The third-order valence-corrected chi connectivity index (χ3v) is 7.07. The maximum atomic E-state index is 13.2. The zero-order valence-electron chi connectivity index (χ0n) is 17.0. The minimum Gasteiger partial charge on any atom is -0.300 e. The van der Waals surface area contributed by atoms with Crippen molar-refractivity contribution in [2.24, 2.45) is 0 Å². The summed E-state index contributed by atoms with van der Waals surface area (Å²) in [5, 5.41) is 21.8. The first kappa shape index (κ1) is 21.6. The Morgan fingerprint density at radius 3 is 2.71 bits per heavy atom. The van der Waals surface area contributed by atoms with Gasteiger partial charge in [0.15, 0.2) is 11.0 Å². The van der Waals surface area contributed by atoms with Gasteiger partial charge in [-0.2, -0.15) is 0 Å². The van der Waals surface area contributed by atoms with Gasteiger partial charge in [0.25, 0.3) is 0 Å². The number of benzene rings is 1. The maximum Gasteiger partial charge on any atom is 0.236 e. The second-order valence-corrected chi connectivity index (χ2v) is 9.28. The fraction of sp³-hybridized carbons (Fsp3) is 0.381. The van der Waals surface area contributed by atoms with Crippen molar-refractivity contribution < 1.29 is 9.18 Å². The van der Waals surface area contributed by atoms with Crippen LogP contribution in [0.2, 0.25) is 0 Å². The van der Waals surface area contributed by atoms with Crippen LogP contribution in [0.25, 0.3) is 11.4 Å². The minimum absolute atomic E-state index is 0.164. The fourth-order valence-corrected chi connectivity index (χ4v) is 5.26. The number of rotatable bonds is 8. The van der Waals surface area contributed by atoms with Crippen LogP contribution in [0, 0.1) is 5.82 Å². The Morgan fingerprint density at radius 1 is 1.19 bits per heavy atom. The lowest BCUT2D eigenvalue weighted by atomic mass is 9.90. The van der Waals surface area contributed by atoms with Gasteiger partial charge in [0, 0.05) is 18.0 Å². The van der Waals surface area contributed by atoms with Crippen LogP contribution in [0.1, 0.15) is 43.0 Å². The second kappa shape index (κ2) is 10.1. The molecular weight excluding hydrogens is 435 g/mol. The van der Waals surface area contributed by atoms with E-state index in [4.69, 9.17) is 0 Å². The van der Waals surface area contributed by atoms with Crippen LogP contribution in [0.15, 0.2) is 42.1 Å². The van der Waals surface area contributed by atoms with Crippen molar-refractivity contribution in [3.05, 3.63) is 47.7 Å². The van der Waals surface area contributed by atoms with Gasteiger partial charge >= 0.3 is 0 Å². The standard InChI is InChI=1S/C21H23FN6OS2/c1-2-12-28-18(14-8-10-16(22)11-9-14)24-27-21(28)30-13-17(29)23-20-26-25-19(31-20)15-6-4-3-5-7-15/h2,8-11,15H,1,3-7,12-13H2,(H,23,26,29). The van der Waals surface area contributed by atoms with Gasteiger partial charge in [0.05, 0.1) is 5.75 Å². The molecule has 1 saturated carbocycles. The zero-order valence-corrected chi connectivity index (χ0v) is 18.6. The average Bonchev–Trinajstić information content (AvgIpc) is 3.41. The molecule has 0 saturated heterocycles. The number of hydrogen-bond acceptors (Lipinski definition) is 7. The van der Waals surface area contributed by atoms with Crippen LogP contribution in [-0.2, 0) is 11.3 Å². The minimum atomic E-state index is -0.312. The molecule has 0 aliphatic heterocycles. The second-order valence-electron chi connectivity index (χ2n) is 7.33. The SMILES string of the molecule is C=CCn1c(SCC(=O)Nc2nnc(C3CCCCC3)s2)nnc1-c1ccc(F)cc1. The third kappa shape index (κ3) is 5.37. The summed E-state index contributed by atoms with van der Waals surface area (Å²) in [4.78, 5) is 12.4. The highest BCUT2D eigenvalue weighted by atomic mass is 32.2. The molecule has 1 aromatic carbocycles. The third-order valence-electron chi connectivity index (χ3n) is 5.10. The smallest absolute Gasteiger partial charge is 0.236 e. The molecule has 1 amide bonds. The summed E-state index contributed by atoms with van der Waals surface area (Å²) in [5.41, 5.74) is 0.746. The van der Waals surface area contributed by atoms with Gasteiger partial charge in [-0.3, -0.25) is 14.7 Å². The summed E-state index contributed by atoms with van der Waals surface area (Å²) >= 11 is 2.74. The quantitative estimate of drug-likeness (QED) is 0.382. The number of carbonyl (C=O) groups excluding carboxylic acids is 1. The molecule has 7 nitrogen and oxygen atoms in total. The zero-order chi connectivity index (χ0) is 21.6. The number of thioether (sulfide) groups is 1. The van der Waals surface area contributed by atoms with Crippen LogP contribution >= 0.6 is 23.1 Å². The first-order chi connectivity index (χ1) is 15.1. The molecule has 0 unspecified atom stereocenters. The highest BCUT2D eigenvalue weighted by molar-refractivity contribution is 7.99. The van der Waals surface area contributed by atoms with Crippen molar-refractivity contribution in [3.63, 3.8) is 0 Å². The number of halogens is 1. The van der Waals surface area contributed by atoms with E-state index in [0.717, 1.165) is 23.4 Å². The molecular formula is C21H23FN6OS2. The summed E-state index contributed by atoms with van der Waals surface area (Å²) in [6, 6.07) is 6.07. The van der Waals surface area contributed by atoms with E-state index >= 15 is 0 Å². The number of anilines is 1. The van der Waals surface area contributed by atoms with E-state index in [9.17, 15) is 9.18 Å². The number of nitrogens with one attached hydrogen (secondary N) is 1. The van der Waals surface area contributed by atoms with Gasteiger partial charge in [-0.1, -0.05) is 48.4 Å². The molecule has 162 valence electrons. The lowest BCUT2D eigenvalue weighted by Crippen LogP contribution is -2.14. The number of carbonyl (C=O) groups is 1. The molecule has 1 aliphatic carbocycles. The van der Waals surface area contributed by atoms with E-state index in [1.807, 2.05) is 4.57 Å². The van der Waals surface area contributed by atoms with Gasteiger partial charge < -0.3 is 0 Å². The van der Waals surface area contributed by atoms with E-state index in [0.29, 0.717) is 28.6 Å². The van der Waals surface area contributed by atoms with Gasteiger partial charge in [-0.25, -0.2) is 4.39 Å². The summed E-state index contributed by atoms with van der Waals surface area (Å²) in [5.74, 6) is 0.746. The summed E-state index contributed by atoms with van der Waals surface area (Å²) < 4.78 is 15.1. The summed E-state index contributed by atoms with van der Waals surface area (Å²) in [6.45, 7) is 4.26. The first-order valence-electron chi connectivity index (χ1n) is 10.2. The number of amides is 1. The molecule has 2 heterocycles. The largest absolute Gasteiger partial charge is 0.300 e. The van der Waals surface area contributed by atoms with Gasteiger partial charge in [0.1, 0.15) is 10.8 Å². The van der Waals surface area contributed by atoms with E-state index in [1.165, 1.54) is 54.5 Å². The highest BCUT2D eigenvalue weighted by Crippen LogP contribution is 2.35. The Balaban J connectivity index is 1.38. The maximum absolute atomic E-state index is 13.2. The van der Waals surface area contributed by atoms with Crippen molar-refractivity contribution in [1.29, 1.82) is 0 Å². The Kier molecular flexibility index (Phi) is 7.08. The fourth-order valence-electron chi connectivity index (χ4n) is 3.59. The van der Waals surface area contributed by atoms with Crippen molar-refractivity contribution in [2.45, 2.75) is 49.7 Å². The summed E-state index contributed by atoms with van der Waals surface area (Å²) in [7, 11) is 0. The molecule has 0 bridgehead atoms. The van der Waals surface area contributed by atoms with Gasteiger partial charge in [0.2, 0.25) is 11.0 Å². The lowest BCUT2D eigenvalue weighted by molar-refractivity contribution is -0.113. The molecule has 1 fully saturated rings. The van der Waals surface area contributed by atoms with Crippen molar-refractivity contribution in [1.82, 2.24) is 25.0 Å². The molecule has 4 rings (SSSR count). The Bertz CT molecular complexity index is 1040. The van der Waals surface area contributed by atoms with Gasteiger partial charge in [-0.15, -0.1) is 27.0 Å². The average molecular weight is 459 g/mol. The van der Waals surface area contributed by atoms with E-state index in [-0.39, 0.29) is 17.5 Å². The molecule has 0 atom stereocenters. The summed E-state index contributed by atoms with van der Waals surface area (Å²) in [6.07, 6.45) is 7.77. The first-order valence-corrected chi connectivity index (χ1v) is 12.0. The number of hydrogen-bond donors (Lipinski definition) is 1. The van der Waals surface area contributed by atoms with Crippen LogP contribution < -0.4 is 5.32 Å². The van der Waals surface area contributed by atoms with Crippen molar-refractivity contribution >= 4 is 34.1 Å². The predicted octanol–water partition coefficient (Wildman–Crippen LogP) is 4.90. The van der Waals surface area contributed by atoms with Crippen LogP contribution in [-0.4, -0.2) is 36.6 Å². The van der Waals surface area contributed by atoms with Gasteiger partial charge in [-0.05, 0) is 37.1 Å². The number of aromatic nitrogens is 5. The molecule has 2 aromatic heterocycles. The number of allylic oxidation sites excluding steroid dienone is 1. The Morgan fingerprint density at radius 2 is 1.97 bits per heavy atom. The molecule has 3 aromatic rings. The topological polar surface area (TPSA) is 85.6 Å². The number of nitrogens with zero attached hydrogens (tertiary/aromatic N) is 5. The lowest BCUT2D eigenvalue weighted by Gasteiger charge is -2.18. The Hall–Kier alpha value is -2.59. The molecule has 0 spiro atoms. The molecule has 0 radical (unpaired) electrons. The highest BCUT2D eigenvalue weighted by Gasteiger charge is 2.21. The molecule has 1 N–H and O–H groups in total. The Labute approximate surface area is 188 Å². The molecule has 1 aliphatic rings.